The molecule has 0 radical (unpaired) electrons. The minimum absolute atomic E-state index is 0.0885. The van der Waals surface area contributed by atoms with E-state index in [9.17, 15) is 9.59 Å². The Morgan fingerprint density at radius 2 is 1.83 bits per heavy atom. The zero-order valence-electron chi connectivity index (χ0n) is 14.3. The molecule has 2 unspecified atom stereocenters. The monoisotopic (exact) mass is 325 g/mol. The number of rotatable bonds is 1. The molecule has 1 aromatic rings. The SMILES string of the molecule is CN1N=C(c2ccc3c(c2)CCCC(=O)N3C)C2CCCC2C1=O. The molecule has 5 nitrogen and oxygen atoms in total. The highest BCUT2D eigenvalue weighted by molar-refractivity contribution is 6.07. The fourth-order valence-corrected chi connectivity index (χ4v) is 4.38. The van der Waals surface area contributed by atoms with E-state index in [4.69, 9.17) is 0 Å². The first-order valence-electron chi connectivity index (χ1n) is 8.82. The van der Waals surface area contributed by atoms with Gasteiger partial charge in [-0.05, 0) is 48.9 Å². The number of carbonyl (C=O) groups excluding carboxylic acids is 2. The van der Waals surface area contributed by atoms with Crippen molar-refractivity contribution in [1.29, 1.82) is 0 Å². The summed E-state index contributed by atoms with van der Waals surface area (Å²) < 4.78 is 0. The fourth-order valence-electron chi connectivity index (χ4n) is 4.38. The van der Waals surface area contributed by atoms with E-state index in [0.29, 0.717) is 6.42 Å². The summed E-state index contributed by atoms with van der Waals surface area (Å²) in [5, 5.41) is 6.12. The van der Waals surface area contributed by atoms with Crippen LogP contribution in [0.25, 0.3) is 0 Å². The molecular formula is C19H23N3O2. The molecule has 3 aliphatic rings. The van der Waals surface area contributed by atoms with Gasteiger partial charge in [-0.25, -0.2) is 5.01 Å². The molecule has 1 saturated carbocycles. The molecule has 0 N–H and O–H groups in total. The lowest BCUT2D eigenvalue weighted by molar-refractivity contribution is -0.135. The first kappa shape index (κ1) is 15.4. The first-order chi connectivity index (χ1) is 11.6. The van der Waals surface area contributed by atoms with Crippen LogP contribution in [0.3, 0.4) is 0 Å². The van der Waals surface area contributed by atoms with Gasteiger partial charge in [-0.3, -0.25) is 9.59 Å². The maximum Gasteiger partial charge on any atom is 0.246 e. The molecule has 4 rings (SSSR count). The van der Waals surface area contributed by atoms with Gasteiger partial charge in [-0.1, -0.05) is 12.5 Å². The van der Waals surface area contributed by atoms with Gasteiger partial charge in [0.05, 0.1) is 5.71 Å². The van der Waals surface area contributed by atoms with Crippen LogP contribution in [0.1, 0.15) is 43.2 Å². The molecule has 2 heterocycles. The zero-order chi connectivity index (χ0) is 16.8. The Morgan fingerprint density at radius 1 is 1.04 bits per heavy atom. The number of aryl methyl sites for hydroxylation is 1. The smallest absolute Gasteiger partial charge is 0.246 e. The molecule has 2 atom stereocenters. The molecule has 0 bridgehead atoms. The summed E-state index contributed by atoms with van der Waals surface area (Å²) in [4.78, 5) is 26.1. The standard InChI is InChI=1S/C19H23N3O2/c1-21-16-10-9-13(11-12(16)5-3-8-17(21)23)18-14-6-4-7-15(14)19(24)22(2)20-18/h9-11,14-15H,3-8H2,1-2H3. The Kier molecular flexibility index (Phi) is 3.66. The van der Waals surface area contributed by atoms with Gasteiger partial charge in [0.1, 0.15) is 0 Å². The Morgan fingerprint density at radius 3 is 2.67 bits per heavy atom. The van der Waals surface area contributed by atoms with Crippen LogP contribution < -0.4 is 4.90 Å². The lowest BCUT2D eigenvalue weighted by atomic mass is 9.85. The second-order valence-electron chi connectivity index (χ2n) is 7.14. The molecule has 126 valence electrons. The largest absolute Gasteiger partial charge is 0.315 e. The van der Waals surface area contributed by atoms with Crippen molar-refractivity contribution in [2.24, 2.45) is 16.9 Å². The summed E-state index contributed by atoms with van der Waals surface area (Å²) in [5.41, 5.74) is 4.36. The second-order valence-corrected chi connectivity index (χ2v) is 7.14. The topological polar surface area (TPSA) is 53.0 Å². The van der Waals surface area contributed by atoms with Crippen molar-refractivity contribution >= 4 is 23.2 Å². The molecule has 1 aliphatic carbocycles. The predicted octanol–water partition coefficient (Wildman–Crippen LogP) is 2.58. The number of hydrogen-bond acceptors (Lipinski definition) is 3. The first-order valence-corrected chi connectivity index (χ1v) is 8.82. The summed E-state index contributed by atoms with van der Waals surface area (Å²) in [6.07, 6.45) is 5.50. The third kappa shape index (κ3) is 2.34. The Bertz CT molecular complexity index is 740. The minimum atomic E-state index is 0.0885. The third-order valence-corrected chi connectivity index (χ3v) is 5.71. The molecule has 0 aromatic heterocycles. The number of fused-ring (bicyclic) bond motifs is 2. The van der Waals surface area contributed by atoms with Gasteiger partial charge in [0.2, 0.25) is 11.8 Å². The van der Waals surface area contributed by atoms with Gasteiger partial charge < -0.3 is 4.90 Å². The van der Waals surface area contributed by atoms with Crippen molar-refractivity contribution in [1.82, 2.24) is 5.01 Å². The Labute approximate surface area is 142 Å². The molecule has 1 aromatic carbocycles. The number of hydrogen-bond donors (Lipinski definition) is 0. The van der Waals surface area contributed by atoms with Gasteiger partial charge in [-0.15, -0.1) is 0 Å². The van der Waals surface area contributed by atoms with Gasteiger partial charge >= 0.3 is 0 Å². The van der Waals surface area contributed by atoms with E-state index in [1.165, 1.54) is 10.6 Å². The van der Waals surface area contributed by atoms with Crippen LogP contribution in [0, 0.1) is 11.8 Å². The number of amides is 2. The normalized spacial score (nSPS) is 26.8. The van der Waals surface area contributed by atoms with E-state index < -0.39 is 0 Å². The number of nitrogens with zero attached hydrogens (tertiary/aromatic N) is 3. The van der Waals surface area contributed by atoms with Crippen molar-refractivity contribution in [3.05, 3.63) is 29.3 Å². The molecule has 0 saturated heterocycles. The lowest BCUT2D eigenvalue weighted by Gasteiger charge is -2.30. The number of anilines is 1. The lowest BCUT2D eigenvalue weighted by Crippen LogP contribution is -2.40. The molecule has 2 amide bonds. The second kappa shape index (κ2) is 5.72. The third-order valence-electron chi connectivity index (χ3n) is 5.71. The Hall–Kier alpha value is -2.17. The average Bonchev–Trinajstić information content (AvgIpc) is 3.02. The van der Waals surface area contributed by atoms with Gasteiger partial charge in [-0.2, -0.15) is 5.10 Å². The van der Waals surface area contributed by atoms with Crippen LogP contribution >= 0.6 is 0 Å². The van der Waals surface area contributed by atoms with E-state index >= 15 is 0 Å². The highest BCUT2D eigenvalue weighted by Crippen LogP contribution is 2.39. The quantitative estimate of drug-likeness (QED) is 0.797. The maximum atomic E-state index is 12.3. The van der Waals surface area contributed by atoms with Crippen molar-refractivity contribution in [2.45, 2.75) is 38.5 Å². The highest BCUT2D eigenvalue weighted by Gasteiger charge is 2.41. The van der Waals surface area contributed by atoms with Gasteiger partial charge in [0.15, 0.2) is 0 Å². The zero-order valence-corrected chi connectivity index (χ0v) is 14.3. The van der Waals surface area contributed by atoms with E-state index in [0.717, 1.165) is 49.1 Å². The fraction of sp³-hybridized carbons (Fsp3) is 0.526. The van der Waals surface area contributed by atoms with Crippen LogP contribution in [-0.2, 0) is 16.0 Å². The van der Waals surface area contributed by atoms with Crippen molar-refractivity contribution < 1.29 is 9.59 Å². The van der Waals surface area contributed by atoms with Crippen LogP contribution in [0.15, 0.2) is 23.3 Å². The van der Waals surface area contributed by atoms with Crippen molar-refractivity contribution in [3.63, 3.8) is 0 Å². The molecule has 24 heavy (non-hydrogen) atoms. The summed E-state index contributed by atoms with van der Waals surface area (Å²) in [5.74, 6) is 0.668. The molecule has 0 spiro atoms. The number of carbonyl (C=O) groups is 2. The van der Waals surface area contributed by atoms with Crippen LogP contribution in [-0.4, -0.2) is 36.6 Å². The molecule has 5 heteroatoms. The summed E-state index contributed by atoms with van der Waals surface area (Å²) in [6.45, 7) is 0. The molecule has 2 aliphatic heterocycles. The summed E-state index contributed by atoms with van der Waals surface area (Å²) in [7, 11) is 3.61. The van der Waals surface area contributed by atoms with Crippen molar-refractivity contribution in [3.8, 4) is 0 Å². The van der Waals surface area contributed by atoms with Crippen LogP contribution in [0.2, 0.25) is 0 Å². The van der Waals surface area contributed by atoms with Crippen LogP contribution in [0.5, 0.6) is 0 Å². The van der Waals surface area contributed by atoms with E-state index in [-0.39, 0.29) is 23.7 Å². The van der Waals surface area contributed by atoms with E-state index in [2.05, 4.69) is 17.2 Å². The molecular weight excluding hydrogens is 302 g/mol. The van der Waals surface area contributed by atoms with E-state index in [1.807, 2.05) is 13.1 Å². The van der Waals surface area contributed by atoms with Gasteiger partial charge in [0, 0.05) is 38.0 Å². The summed E-state index contributed by atoms with van der Waals surface area (Å²) >= 11 is 0. The minimum Gasteiger partial charge on any atom is -0.315 e. The van der Waals surface area contributed by atoms with Crippen LogP contribution in [0.4, 0.5) is 5.69 Å². The van der Waals surface area contributed by atoms with Crippen molar-refractivity contribution in [2.75, 3.05) is 19.0 Å². The predicted molar refractivity (Wildman–Crippen MR) is 92.9 cm³/mol. The van der Waals surface area contributed by atoms with E-state index in [1.54, 1.807) is 11.9 Å². The average molecular weight is 325 g/mol. The highest BCUT2D eigenvalue weighted by atomic mass is 16.2. The summed E-state index contributed by atoms with van der Waals surface area (Å²) in [6, 6.07) is 6.28. The number of benzene rings is 1. The Balaban J connectivity index is 1.75. The van der Waals surface area contributed by atoms with Gasteiger partial charge in [0.25, 0.3) is 0 Å². The molecule has 1 fully saturated rings. The maximum absolute atomic E-state index is 12.3. The number of hydrazone groups is 1.